The molecule has 176 valence electrons. The zero-order valence-electron chi connectivity index (χ0n) is 19.7. The largest absolute Gasteiger partial charge is 0.492 e. The Hall–Kier alpha value is -2.13. The Bertz CT molecular complexity index is 983. The molecule has 0 N–H and O–H groups in total. The highest BCUT2D eigenvalue weighted by atomic mass is 32.1. The molecular weight excluding hydrogens is 432 g/mol. The quantitative estimate of drug-likeness (QED) is 0.626. The van der Waals surface area contributed by atoms with Gasteiger partial charge in [0.05, 0.1) is 18.6 Å². The van der Waals surface area contributed by atoms with Gasteiger partial charge in [-0.05, 0) is 51.1 Å². The Morgan fingerprint density at radius 1 is 1.12 bits per heavy atom. The molecule has 33 heavy (non-hydrogen) atoms. The van der Waals surface area contributed by atoms with Crippen molar-refractivity contribution in [3.63, 3.8) is 0 Å². The highest BCUT2D eigenvalue weighted by Gasteiger charge is 2.31. The zero-order chi connectivity index (χ0) is 22.8. The monoisotopic (exact) mass is 466 g/mol. The summed E-state index contributed by atoms with van der Waals surface area (Å²) in [6, 6.07) is 8.35. The molecule has 0 spiro atoms. The first-order valence-electron chi connectivity index (χ1n) is 12.1. The van der Waals surface area contributed by atoms with Crippen LogP contribution in [0.25, 0.3) is 0 Å². The first-order chi connectivity index (χ1) is 16.1. The van der Waals surface area contributed by atoms with Crippen LogP contribution >= 0.6 is 11.3 Å². The van der Waals surface area contributed by atoms with E-state index < -0.39 is 6.17 Å². The van der Waals surface area contributed by atoms with Crippen LogP contribution in [0.2, 0.25) is 0 Å². The van der Waals surface area contributed by atoms with E-state index in [1.165, 1.54) is 16.1 Å². The molecular formula is C25H34N6OS. The molecule has 1 saturated heterocycles. The van der Waals surface area contributed by atoms with Crippen molar-refractivity contribution in [2.24, 2.45) is 4.99 Å². The average Bonchev–Trinajstić information content (AvgIpc) is 3.20. The maximum absolute atomic E-state index is 11.1. The fourth-order valence-corrected chi connectivity index (χ4v) is 6.42. The van der Waals surface area contributed by atoms with Crippen molar-refractivity contribution in [1.82, 2.24) is 20.4 Å². The van der Waals surface area contributed by atoms with E-state index in [4.69, 9.17) is 9.73 Å². The summed E-state index contributed by atoms with van der Waals surface area (Å²) in [6.07, 6.45) is 3.31. The third-order valence-electron chi connectivity index (χ3n) is 6.93. The summed E-state index contributed by atoms with van der Waals surface area (Å²) in [6.45, 7) is 10.7. The summed E-state index contributed by atoms with van der Waals surface area (Å²) < 4.78 is 5.82. The van der Waals surface area contributed by atoms with Crippen molar-refractivity contribution < 1.29 is 4.74 Å². The topological polar surface area (TPSA) is 56.9 Å². The van der Waals surface area contributed by atoms with E-state index in [2.05, 4.69) is 39.9 Å². The maximum Gasteiger partial charge on any atom is 0.144 e. The molecule has 4 heterocycles. The number of likely N-dealkylation sites (N-methyl/N-ethyl adjacent to an activating group) is 1. The van der Waals surface area contributed by atoms with Crippen molar-refractivity contribution in [2.45, 2.75) is 32.5 Å². The third-order valence-corrected chi connectivity index (χ3v) is 8.07. The summed E-state index contributed by atoms with van der Waals surface area (Å²) in [5.74, 6) is 0.980. The van der Waals surface area contributed by atoms with Crippen molar-refractivity contribution in [3.8, 4) is 5.75 Å². The molecule has 8 heteroatoms. The van der Waals surface area contributed by atoms with E-state index >= 15 is 0 Å². The van der Waals surface area contributed by atoms with Crippen LogP contribution in [0.4, 0.5) is 10.7 Å². The molecule has 0 aliphatic carbocycles. The first-order valence-corrected chi connectivity index (χ1v) is 13.0. The van der Waals surface area contributed by atoms with E-state index in [1.54, 1.807) is 11.3 Å². The van der Waals surface area contributed by atoms with Gasteiger partial charge < -0.3 is 19.4 Å². The smallest absolute Gasteiger partial charge is 0.144 e. The number of rotatable bonds is 7. The highest BCUT2D eigenvalue weighted by Crippen LogP contribution is 2.44. The fourth-order valence-electron chi connectivity index (χ4n) is 5.12. The number of ether oxygens (including phenoxy) is 1. The lowest BCUT2D eigenvalue weighted by molar-refractivity contribution is 0.232. The summed E-state index contributed by atoms with van der Waals surface area (Å²) >= 11 is 1.75. The van der Waals surface area contributed by atoms with Crippen LogP contribution in [0, 0.1) is 0 Å². The summed E-state index contributed by atoms with van der Waals surface area (Å²) in [4.78, 5) is 15.4. The molecule has 1 atom stereocenters. The van der Waals surface area contributed by atoms with Crippen molar-refractivity contribution in [3.05, 3.63) is 40.3 Å². The lowest BCUT2D eigenvalue weighted by Gasteiger charge is -2.37. The molecule has 1 aromatic heterocycles. The van der Waals surface area contributed by atoms with Crippen LogP contribution in [0.15, 0.2) is 29.3 Å². The van der Waals surface area contributed by atoms with Gasteiger partial charge in [-0.15, -0.1) is 17.1 Å². The lowest BCUT2D eigenvalue weighted by atomic mass is 10.00. The Kier molecular flexibility index (Phi) is 6.87. The van der Waals surface area contributed by atoms with Crippen molar-refractivity contribution in [1.29, 1.82) is 0 Å². The lowest BCUT2D eigenvalue weighted by Crippen LogP contribution is -2.47. The maximum atomic E-state index is 11.1. The molecule has 2 aromatic rings. The van der Waals surface area contributed by atoms with Gasteiger partial charge in [0.2, 0.25) is 0 Å². The molecule has 7 nitrogen and oxygen atoms in total. The average molecular weight is 467 g/mol. The van der Waals surface area contributed by atoms with Gasteiger partial charge in [-0.3, -0.25) is 4.90 Å². The third kappa shape index (κ3) is 4.75. The van der Waals surface area contributed by atoms with E-state index in [9.17, 15) is 5.73 Å². The van der Waals surface area contributed by atoms with Gasteiger partial charge in [-0.25, -0.2) is 4.99 Å². The predicted molar refractivity (Wildman–Crippen MR) is 135 cm³/mol. The van der Waals surface area contributed by atoms with Crippen LogP contribution in [-0.4, -0.2) is 80.5 Å². The van der Waals surface area contributed by atoms with Gasteiger partial charge in [-0.2, -0.15) is 0 Å². The van der Waals surface area contributed by atoms with Gasteiger partial charge in [-0.1, -0.05) is 12.1 Å². The Balaban J connectivity index is 1.12. The second-order valence-corrected chi connectivity index (χ2v) is 10.2. The number of nitrogens with zero attached hydrogens (tertiary/aromatic N) is 6. The Morgan fingerprint density at radius 2 is 1.94 bits per heavy atom. The number of aliphatic imine (C=N–C) groups is 1. The molecule has 1 fully saturated rings. The summed E-state index contributed by atoms with van der Waals surface area (Å²) in [5.41, 5.74) is 14.7. The number of para-hydroxylation sites is 2. The number of fused-ring (bicyclic) bond motifs is 3. The van der Waals surface area contributed by atoms with E-state index in [0.717, 1.165) is 81.5 Å². The van der Waals surface area contributed by atoms with Gasteiger partial charge in [0.15, 0.2) is 0 Å². The number of piperazine rings is 1. The Morgan fingerprint density at radius 3 is 2.76 bits per heavy atom. The second kappa shape index (κ2) is 10.0. The summed E-state index contributed by atoms with van der Waals surface area (Å²) in [7, 11) is 2.16. The first kappa shape index (κ1) is 22.7. The minimum Gasteiger partial charge on any atom is -0.492 e. The van der Waals surface area contributed by atoms with E-state index in [-0.39, 0.29) is 0 Å². The van der Waals surface area contributed by atoms with Crippen LogP contribution < -0.4 is 15.4 Å². The molecule has 0 saturated carbocycles. The molecule has 3 aliphatic rings. The van der Waals surface area contributed by atoms with E-state index in [1.807, 2.05) is 24.2 Å². The second-order valence-electron chi connectivity index (χ2n) is 9.15. The molecule has 1 unspecified atom stereocenters. The normalized spacial score (nSPS) is 21.2. The minimum atomic E-state index is -0.562. The van der Waals surface area contributed by atoms with Gasteiger partial charge in [0.25, 0.3) is 0 Å². The van der Waals surface area contributed by atoms with Crippen LogP contribution in [-0.2, 0) is 13.0 Å². The number of benzene rings is 1. The minimum absolute atomic E-state index is 0.562. The number of hydrogen-bond donors (Lipinski definition) is 0. The predicted octanol–water partition coefficient (Wildman–Crippen LogP) is 3.39. The van der Waals surface area contributed by atoms with Crippen LogP contribution in [0.3, 0.4) is 0 Å². The van der Waals surface area contributed by atoms with E-state index in [0.29, 0.717) is 6.61 Å². The molecule has 1 aromatic carbocycles. The molecule has 0 amide bonds. The van der Waals surface area contributed by atoms with Crippen molar-refractivity contribution >= 4 is 28.4 Å². The number of hydrogen-bond acceptors (Lipinski definition) is 7. The van der Waals surface area contributed by atoms with Crippen molar-refractivity contribution in [2.75, 3.05) is 64.4 Å². The van der Waals surface area contributed by atoms with Crippen LogP contribution in [0.5, 0.6) is 5.75 Å². The van der Waals surface area contributed by atoms with Gasteiger partial charge in [0, 0.05) is 56.3 Å². The van der Waals surface area contributed by atoms with Gasteiger partial charge in [0.1, 0.15) is 16.9 Å². The molecule has 3 aliphatic heterocycles. The molecule has 2 radical (unpaired) electrons. The fraction of sp³-hybridized carbons (Fsp3) is 0.560. The van der Waals surface area contributed by atoms with Gasteiger partial charge >= 0.3 is 0 Å². The summed E-state index contributed by atoms with van der Waals surface area (Å²) in [5, 5.41) is 1.00. The highest BCUT2D eigenvalue weighted by molar-refractivity contribution is 7.16. The zero-order valence-corrected chi connectivity index (χ0v) is 20.6. The number of thiophene rings is 1. The Labute approximate surface area is 201 Å². The molecule has 0 bridgehead atoms. The molecule has 5 rings (SSSR count). The standard InChI is InChI=1S/C25H34N6OS/c1-3-32-21-8-5-4-7-20(21)30-15-13-29(14-16-30)10-6-11-31-18-27-25-23(24(31)26)19-9-12-28(2)17-22(19)33-25/h4-5,7-8,18,24H,3,6,9-17H2,1-2H3. The SMILES string of the molecule is CCOc1ccccc1N1CCN(CCCN2C=Nc3sc4c(c3C2[N])CCN(C)C4)CC1. The van der Waals surface area contributed by atoms with Crippen LogP contribution in [0.1, 0.15) is 35.5 Å². The number of anilines is 1.